The summed E-state index contributed by atoms with van der Waals surface area (Å²) >= 11 is 12.9. The molecule has 3 aliphatic rings. The molecular weight excluding hydrogens is 681 g/mol. The number of carbonyl (C=O) groups excluding carboxylic acids is 4. The van der Waals surface area contributed by atoms with Crippen LogP contribution in [0.2, 0.25) is 10.0 Å². The Labute approximate surface area is 305 Å². The van der Waals surface area contributed by atoms with E-state index in [4.69, 9.17) is 27.9 Å². The summed E-state index contributed by atoms with van der Waals surface area (Å²) in [5, 5.41) is 0.943. The number of Topliss-reactive ketones (excluding diaryl/α,β-unsaturated/α-hetero) is 1. The molecule has 5 aromatic rings. The quantitative estimate of drug-likeness (QED) is 0.125. The van der Waals surface area contributed by atoms with Crippen LogP contribution in [0.25, 0.3) is 11.1 Å². The van der Waals surface area contributed by atoms with Gasteiger partial charge in [-0.1, -0.05) is 108 Å². The summed E-state index contributed by atoms with van der Waals surface area (Å²) in [6, 6.07) is 39.5. The number of hydrogen-bond donors (Lipinski definition) is 0. The molecule has 51 heavy (non-hydrogen) atoms. The molecule has 1 saturated carbocycles. The molecule has 1 aliphatic heterocycles. The molecule has 0 N–H and O–H groups in total. The van der Waals surface area contributed by atoms with Gasteiger partial charge < -0.3 is 4.74 Å². The molecule has 2 fully saturated rings. The molecule has 2 aliphatic carbocycles. The number of fused-ring (bicyclic) bond motifs is 5. The first kappa shape index (κ1) is 32.9. The Morgan fingerprint density at radius 1 is 0.608 bits per heavy atom. The van der Waals surface area contributed by atoms with Gasteiger partial charge in [-0.15, -0.1) is 0 Å². The number of allylic oxidation sites excluding steroid dienone is 2. The number of rotatable bonds is 7. The number of hydrogen-bond acceptors (Lipinski definition) is 5. The van der Waals surface area contributed by atoms with Crippen LogP contribution in [0, 0.1) is 11.8 Å². The van der Waals surface area contributed by atoms with E-state index in [0.29, 0.717) is 38.0 Å². The Morgan fingerprint density at radius 3 is 1.41 bits per heavy atom. The lowest BCUT2D eigenvalue weighted by Crippen LogP contribution is -2.45. The van der Waals surface area contributed by atoms with Gasteiger partial charge in [0.2, 0.25) is 11.8 Å². The van der Waals surface area contributed by atoms with E-state index in [2.05, 4.69) is 0 Å². The van der Waals surface area contributed by atoms with Crippen LogP contribution in [-0.4, -0.2) is 29.7 Å². The number of anilines is 1. The van der Waals surface area contributed by atoms with E-state index in [0.717, 1.165) is 11.1 Å². The molecular formula is C43H31Cl2NO5. The lowest BCUT2D eigenvalue weighted by molar-refractivity contribution is -0.130. The highest BCUT2D eigenvalue weighted by atomic mass is 35.5. The summed E-state index contributed by atoms with van der Waals surface area (Å²) < 4.78 is 5.35. The molecule has 2 amide bonds. The number of esters is 1. The van der Waals surface area contributed by atoms with E-state index in [9.17, 15) is 4.79 Å². The third kappa shape index (κ3) is 4.63. The zero-order chi connectivity index (χ0) is 35.7. The summed E-state index contributed by atoms with van der Waals surface area (Å²) in [6.45, 7) is 3.52. The molecule has 0 spiro atoms. The van der Waals surface area contributed by atoms with Gasteiger partial charge in [-0.3, -0.25) is 14.4 Å². The second-order valence-electron chi connectivity index (χ2n) is 13.4. The van der Waals surface area contributed by atoms with Crippen molar-refractivity contribution in [1.29, 1.82) is 0 Å². The van der Waals surface area contributed by atoms with Crippen molar-refractivity contribution >= 4 is 63.6 Å². The first-order valence-corrected chi connectivity index (χ1v) is 17.5. The van der Waals surface area contributed by atoms with Gasteiger partial charge in [0.15, 0.2) is 5.78 Å². The maximum absolute atomic E-state index is 16.0. The van der Waals surface area contributed by atoms with Crippen LogP contribution in [0.1, 0.15) is 46.5 Å². The van der Waals surface area contributed by atoms with Crippen molar-refractivity contribution in [2.75, 3.05) is 4.90 Å². The second kappa shape index (κ2) is 12.2. The molecule has 0 aromatic heterocycles. The molecule has 0 unspecified atom stereocenters. The summed E-state index contributed by atoms with van der Waals surface area (Å²) in [5.41, 5.74) is 1.45. The smallest absolute Gasteiger partial charge is 0.338 e. The van der Waals surface area contributed by atoms with Crippen molar-refractivity contribution < 1.29 is 23.9 Å². The predicted octanol–water partition coefficient (Wildman–Crippen LogP) is 8.75. The number of ether oxygens (including phenoxy) is 1. The van der Waals surface area contributed by atoms with Crippen LogP contribution >= 0.6 is 23.2 Å². The minimum Gasteiger partial charge on any atom is -0.459 e. The van der Waals surface area contributed by atoms with Gasteiger partial charge in [-0.05, 0) is 95.8 Å². The summed E-state index contributed by atoms with van der Waals surface area (Å²) in [7, 11) is 0. The minimum atomic E-state index is -1.58. The summed E-state index contributed by atoms with van der Waals surface area (Å²) in [5.74, 6) is -3.97. The normalized spacial score (nSPS) is 23.7. The van der Waals surface area contributed by atoms with E-state index in [1.54, 1.807) is 86.6 Å². The molecule has 8 heteroatoms. The topological polar surface area (TPSA) is 80.8 Å². The van der Waals surface area contributed by atoms with E-state index in [1.165, 1.54) is 4.90 Å². The van der Waals surface area contributed by atoms with Crippen LogP contribution in [0.3, 0.4) is 0 Å². The molecule has 1 heterocycles. The van der Waals surface area contributed by atoms with Gasteiger partial charge in [0, 0.05) is 10.0 Å². The van der Waals surface area contributed by atoms with Crippen LogP contribution in [0.4, 0.5) is 5.69 Å². The zero-order valence-electron chi connectivity index (χ0n) is 27.7. The predicted molar refractivity (Wildman–Crippen MR) is 197 cm³/mol. The number of benzene rings is 5. The van der Waals surface area contributed by atoms with E-state index in [-0.39, 0.29) is 17.5 Å². The third-order valence-corrected chi connectivity index (χ3v) is 10.9. The monoisotopic (exact) mass is 711 g/mol. The fourth-order valence-electron chi connectivity index (χ4n) is 8.64. The molecule has 4 atom stereocenters. The second-order valence-corrected chi connectivity index (χ2v) is 14.3. The maximum Gasteiger partial charge on any atom is 0.338 e. The van der Waals surface area contributed by atoms with Gasteiger partial charge in [0.05, 0.1) is 40.0 Å². The van der Waals surface area contributed by atoms with Crippen molar-refractivity contribution in [2.45, 2.75) is 30.8 Å². The third-order valence-electron chi connectivity index (χ3n) is 10.4. The SMILES string of the molecule is CC(C)OC(=O)c1ccc(N2C(=O)[C@@H]3[C@@H](C2=O)[C@@]2(c4ccc(Cl)cc4)C(=O)[C@@]3(c3ccc(Cl)cc3)C(c3ccccc3)=C2c2ccccc2)cc1. The van der Waals surface area contributed by atoms with Crippen LogP contribution in [0.5, 0.6) is 0 Å². The molecule has 0 radical (unpaired) electrons. The van der Waals surface area contributed by atoms with Gasteiger partial charge in [-0.2, -0.15) is 0 Å². The average Bonchev–Trinajstić information content (AvgIpc) is 3.64. The fraction of sp³-hybridized carbons (Fsp3) is 0.163. The highest BCUT2D eigenvalue weighted by Crippen LogP contribution is 2.74. The Bertz CT molecular complexity index is 2120. The summed E-state index contributed by atoms with van der Waals surface area (Å²) in [4.78, 5) is 60.2. The number of nitrogens with zero attached hydrogens (tertiary/aromatic N) is 1. The van der Waals surface area contributed by atoms with Crippen molar-refractivity contribution in [1.82, 2.24) is 0 Å². The Balaban J connectivity index is 1.45. The first-order chi connectivity index (χ1) is 24.6. The van der Waals surface area contributed by atoms with Crippen LogP contribution in [-0.2, 0) is 30.0 Å². The first-order valence-electron chi connectivity index (χ1n) is 16.7. The van der Waals surface area contributed by atoms with Gasteiger partial charge >= 0.3 is 5.97 Å². The highest BCUT2D eigenvalue weighted by Gasteiger charge is 2.82. The molecule has 1 saturated heterocycles. The molecule has 8 rings (SSSR count). The van der Waals surface area contributed by atoms with Gasteiger partial charge in [0.25, 0.3) is 0 Å². The van der Waals surface area contributed by atoms with Crippen molar-refractivity contribution in [3.63, 3.8) is 0 Å². The number of ketones is 1. The average molecular weight is 713 g/mol. The molecule has 252 valence electrons. The van der Waals surface area contributed by atoms with Crippen molar-refractivity contribution in [3.8, 4) is 0 Å². The van der Waals surface area contributed by atoms with E-state index < -0.39 is 40.4 Å². The van der Waals surface area contributed by atoms with Crippen molar-refractivity contribution in [3.05, 3.63) is 171 Å². The summed E-state index contributed by atoms with van der Waals surface area (Å²) in [6.07, 6.45) is -0.315. The standard InChI is InChI=1S/C43H31Cl2NO5/c1-25(2)51-40(49)28-13-23-33(24-14-28)46-38(47)36-37(39(46)48)43(30-17-21-32(45)22-18-30)35(27-11-7-4-8-12-27)34(26-9-5-3-6-10-26)42(36,41(43)50)29-15-19-31(44)20-16-29/h3-25,36-37H,1-2H3/t36-,37-,42-,43-/m0/s1. The lowest BCUT2D eigenvalue weighted by Gasteiger charge is -2.39. The minimum absolute atomic E-state index is 0.250. The van der Waals surface area contributed by atoms with E-state index in [1.807, 2.05) is 60.7 Å². The zero-order valence-corrected chi connectivity index (χ0v) is 29.2. The lowest BCUT2D eigenvalue weighted by atomic mass is 9.59. The number of halogens is 2. The number of carbonyl (C=O) groups is 4. The Kier molecular flexibility index (Phi) is 7.86. The van der Waals surface area contributed by atoms with E-state index >= 15 is 14.4 Å². The largest absolute Gasteiger partial charge is 0.459 e. The molecule has 2 bridgehead atoms. The maximum atomic E-state index is 16.0. The fourth-order valence-corrected chi connectivity index (χ4v) is 8.89. The van der Waals surface area contributed by atoms with Crippen LogP contribution in [0.15, 0.2) is 133 Å². The Morgan fingerprint density at radius 2 is 1.02 bits per heavy atom. The van der Waals surface area contributed by atoms with Gasteiger partial charge in [-0.25, -0.2) is 9.69 Å². The van der Waals surface area contributed by atoms with Crippen molar-refractivity contribution in [2.24, 2.45) is 11.8 Å². The molecule has 6 nitrogen and oxygen atoms in total. The number of amides is 2. The van der Waals surface area contributed by atoms with Crippen LogP contribution < -0.4 is 4.90 Å². The number of imide groups is 1. The van der Waals surface area contributed by atoms with Gasteiger partial charge in [0.1, 0.15) is 0 Å². The highest BCUT2D eigenvalue weighted by molar-refractivity contribution is 6.39. The molecule has 5 aromatic carbocycles. The Hall–Kier alpha value is -5.30.